The Morgan fingerprint density at radius 3 is 2.59 bits per heavy atom. The summed E-state index contributed by atoms with van der Waals surface area (Å²) in [6.07, 6.45) is 0. The summed E-state index contributed by atoms with van der Waals surface area (Å²) in [6, 6.07) is 8.29. The molecule has 0 unspecified atom stereocenters. The molecule has 0 aliphatic carbocycles. The highest BCUT2D eigenvalue weighted by atomic mass is 32.2. The van der Waals surface area contributed by atoms with Crippen LogP contribution in [0.5, 0.6) is 0 Å². The second-order valence-electron chi connectivity index (χ2n) is 5.16. The third-order valence-electron chi connectivity index (χ3n) is 2.48. The molecule has 1 aliphatic heterocycles. The fraction of sp³-hybridized carbons (Fsp3) is 0.462. The largest absolute Gasteiger partial charge is 0.336 e. The molecule has 1 saturated heterocycles. The van der Waals surface area contributed by atoms with Gasteiger partial charge in [-0.1, -0.05) is 39.0 Å². The van der Waals surface area contributed by atoms with E-state index in [1.54, 1.807) is 0 Å². The standard InChI is InChI=1S/C13H18N2OS/c1-13(2,3)17-11-7-5-4-6-9(11)10-8-14-12(16)15-10/h4-7,10H,8H2,1-3H3,(H2,14,15,16)/t10-/m0/s1. The van der Waals surface area contributed by atoms with E-state index >= 15 is 0 Å². The van der Waals surface area contributed by atoms with Gasteiger partial charge in [-0.2, -0.15) is 0 Å². The minimum atomic E-state index is -0.0782. The first-order valence-electron chi connectivity index (χ1n) is 5.78. The molecule has 2 amide bonds. The SMILES string of the molecule is CC(C)(C)Sc1ccccc1[C@@H]1CNC(=O)N1. The zero-order chi connectivity index (χ0) is 12.5. The maximum Gasteiger partial charge on any atom is 0.315 e. The summed E-state index contributed by atoms with van der Waals surface area (Å²) < 4.78 is 0.173. The van der Waals surface area contributed by atoms with Crippen LogP contribution in [-0.4, -0.2) is 17.3 Å². The van der Waals surface area contributed by atoms with E-state index in [1.807, 2.05) is 23.9 Å². The van der Waals surface area contributed by atoms with E-state index in [1.165, 1.54) is 10.5 Å². The third kappa shape index (κ3) is 3.16. The second kappa shape index (κ2) is 4.61. The van der Waals surface area contributed by atoms with E-state index in [9.17, 15) is 4.79 Å². The first kappa shape index (κ1) is 12.3. The fourth-order valence-corrected chi connectivity index (χ4v) is 2.97. The van der Waals surface area contributed by atoms with Crippen LogP contribution >= 0.6 is 11.8 Å². The first-order chi connectivity index (χ1) is 7.96. The smallest absolute Gasteiger partial charge is 0.315 e. The minimum absolute atomic E-state index is 0.0782. The van der Waals surface area contributed by atoms with Crippen LogP contribution in [0.3, 0.4) is 0 Å². The number of carbonyl (C=O) groups is 1. The van der Waals surface area contributed by atoms with Gasteiger partial charge >= 0.3 is 6.03 Å². The summed E-state index contributed by atoms with van der Waals surface area (Å²) in [4.78, 5) is 12.4. The molecule has 2 rings (SSSR count). The molecule has 1 aromatic carbocycles. The lowest BCUT2D eigenvalue weighted by Gasteiger charge is -2.21. The lowest BCUT2D eigenvalue weighted by atomic mass is 10.1. The highest BCUT2D eigenvalue weighted by Gasteiger charge is 2.25. The predicted molar refractivity (Wildman–Crippen MR) is 71.3 cm³/mol. The Bertz CT molecular complexity index is 426. The van der Waals surface area contributed by atoms with Crippen LogP contribution in [0.2, 0.25) is 0 Å². The van der Waals surface area contributed by atoms with Crippen molar-refractivity contribution in [2.45, 2.75) is 36.5 Å². The van der Waals surface area contributed by atoms with E-state index in [0.29, 0.717) is 6.54 Å². The van der Waals surface area contributed by atoms with E-state index in [4.69, 9.17) is 0 Å². The average molecular weight is 250 g/mol. The monoisotopic (exact) mass is 250 g/mol. The Kier molecular flexibility index (Phi) is 3.33. The van der Waals surface area contributed by atoms with Gasteiger partial charge in [0.2, 0.25) is 0 Å². The number of rotatable bonds is 2. The van der Waals surface area contributed by atoms with Crippen LogP contribution in [0.4, 0.5) is 4.79 Å². The molecule has 92 valence electrons. The highest BCUT2D eigenvalue weighted by molar-refractivity contribution is 8.00. The van der Waals surface area contributed by atoms with Crippen LogP contribution in [-0.2, 0) is 0 Å². The number of hydrogen-bond acceptors (Lipinski definition) is 2. The topological polar surface area (TPSA) is 41.1 Å². The zero-order valence-corrected chi connectivity index (χ0v) is 11.2. The van der Waals surface area contributed by atoms with Crippen LogP contribution < -0.4 is 10.6 Å². The van der Waals surface area contributed by atoms with Crippen molar-refractivity contribution in [3.05, 3.63) is 29.8 Å². The molecule has 0 aromatic heterocycles. The second-order valence-corrected chi connectivity index (χ2v) is 7.03. The van der Waals surface area contributed by atoms with Gasteiger partial charge in [-0.25, -0.2) is 4.79 Å². The van der Waals surface area contributed by atoms with Crippen LogP contribution in [0.1, 0.15) is 32.4 Å². The molecule has 1 aliphatic rings. The van der Waals surface area contributed by atoms with Gasteiger partial charge < -0.3 is 10.6 Å². The molecule has 1 heterocycles. The molecule has 17 heavy (non-hydrogen) atoms. The molecule has 3 nitrogen and oxygen atoms in total. The molecule has 0 saturated carbocycles. The Hall–Kier alpha value is -1.16. The highest BCUT2D eigenvalue weighted by Crippen LogP contribution is 2.36. The van der Waals surface area contributed by atoms with Gasteiger partial charge in [-0.15, -0.1) is 11.8 Å². The summed E-state index contributed by atoms with van der Waals surface area (Å²) in [5.41, 5.74) is 1.20. The molecule has 1 fully saturated rings. The van der Waals surface area contributed by atoms with E-state index in [0.717, 1.165) is 0 Å². The van der Waals surface area contributed by atoms with Crippen molar-refractivity contribution in [3.63, 3.8) is 0 Å². The number of urea groups is 1. The summed E-state index contributed by atoms with van der Waals surface area (Å²) in [5, 5.41) is 5.73. The normalized spacial score (nSPS) is 19.9. The lowest BCUT2D eigenvalue weighted by Crippen LogP contribution is -2.22. The number of benzene rings is 1. The minimum Gasteiger partial charge on any atom is -0.336 e. The van der Waals surface area contributed by atoms with E-state index in [2.05, 4.69) is 43.5 Å². The van der Waals surface area contributed by atoms with Gasteiger partial charge in [0.25, 0.3) is 0 Å². The Morgan fingerprint density at radius 2 is 2.00 bits per heavy atom. The van der Waals surface area contributed by atoms with Gasteiger partial charge in [0.15, 0.2) is 0 Å². The summed E-state index contributed by atoms with van der Waals surface area (Å²) in [5.74, 6) is 0. The summed E-state index contributed by atoms with van der Waals surface area (Å²) in [7, 11) is 0. The molecule has 1 atom stereocenters. The van der Waals surface area contributed by atoms with Crippen molar-refractivity contribution in [2.75, 3.05) is 6.54 Å². The fourth-order valence-electron chi connectivity index (χ4n) is 1.83. The van der Waals surface area contributed by atoms with Crippen molar-refractivity contribution in [1.29, 1.82) is 0 Å². The number of carbonyl (C=O) groups excluding carboxylic acids is 1. The first-order valence-corrected chi connectivity index (χ1v) is 6.60. The Labute approximate surface area is 106 Å². The van der Waals surface area contributed by atoms with Gasteiger partial charge in [0.05, 0.1) is 6.04 Å². The van der Waals surface area contributed by atoms with E-state index in [-0.39, 0.29) is 16.8 Å². The molecule has 0 bridgehead atoms. The van der Waals surface area contributed by atoms with Crippen LogP contribution in [0.15, 0.2) is 29.2 Å². The van der Waals surface area contributed by atoms with Crippen molar-refractivity contribution >= 4 is 17.8 Å². The summed E-state index contributed by atoms with van der Waals surface area (Å²) in [6.45, 7) is 7.25. The molecule has 0 spiro atoms. The molecule has 4 heteroatoms. The maximum absolute atomic E-state index is 11.2. The number of nitrogens with one attached hydrogen (secondary N) is 2. The number of hydrogen-bond donors (Lipinski definition) is 2. The molecular formula is C13H18N2OS. The molecule has 1 aromatic rings. The Morgan fingerprint density at radius 1 is 1.29 bits per heavy atom. The van der Waals surface area contributed by atoms with Crippen molar-refractivity contribution < 1.29 is 4.79 Å². The van der Waals surface area contributed by atoms with Gasteiger partial charge in [0, 0.05) is 16.2 Å². The number of thioether (sulfide) groups is 1. The van der Waals surface area contributed by atoms with E-state index < -0.39 is 0 Å². The van der Waals surface area contributed by atoms with Crippen molar-refractivity contribution in [2.24, 2.45) is 0 Å². The lowest BCUT2D eigenvalue weighted by molar-refractivity contribution is 0.247. The average Bonchev–Trinajstić information content (AvgIpc) is 2.63. The molecular weight excluding hydrogens is 232 g/mol. The predicted octanol–water partition coefficient (Wildman–Crippen LogP) is 2.93. The van der Waals surface area contributed by atoms with Gasteiger partial charge in [0.1, 0.15) is 0 Å². The zero-order valence-electron chi connectivity index (χ0n) is 10.4. The van der Waals surface area contributed by atoms with Crippen molar-refractivity contribution in [1.82, 2.24) is 10.6 Å². The quantitative estimate of drug-likeness (QED) is 0.792. The number of amides is 2. The van der Waals surface area contributed by atoms with Gasteiger partial charge in [-0.05, 0) is 11.6 Å². The van der Waals surface area contributed by atoms with Gasteiger partial charge in [-0.3, -0.25) is 0 Å². The third-order valence-corrected chi connectivity index (χ3v) is 3.69. The van der Waals surface area contributed by atoms with Crippen molar-refractivity contribution in [3.8, 4) is 0 Å². The molecule has 0 radical (unpaired) electrons. The molecule has 2 N–H and O–H groups in total. The summed E-state index contributed by atoms with van der Waals surface area (Å²) >= 11 is 1.84. The van der Waals surface area contributed by atoms with Crippen LogP contribution in [0.25, 0.3) is 0 Å². The Balaban J connectivity index is 2.24. The maximum atomic E-state index is 11.2. The van der Waals surface area contributed by atoms with Crippen LogP contribution in [0, 0.1) is 0 Å².